The van der Waals surface area contributed by atoms with Gasteiger partial charge < -0.3 is 4.74 Å². The van der Waals surface area contributed by atoms with Crippen molar-refractivity contribution in [3.63, 3.8) is 0 Å². The molecule has 0 amide bonds. The van der Waals surface area contributed by atoms with E-state index < -0.39 is 0 Å². The van der Waals surface area contributed by atoms with E-state index in [4.69, 9.17) is 10.00 Å². The van der Waals surface area contributed by atoms with Gasteiger partial charge in [0.15, 0.2) is 5.78 Å². The Bertz CT molecular complexity index is 812. The van der Waals surface area contributed by atoms with E-state index in [0.717, 1.165) is 42.2 Å². The first-order valence-electron chi connectivity index (χ1n) is 8.37. The number of carbonyl (C=O) groups is 1. The molecule has 2 aliphatic rings. The van der Waals surface area contributed by atoms with Gasteiger partial charge in [-0.15, -0.1) is 0 Å². The average molecular weight is 305 g/mol. The molecule has 0 saturated heterocycles. The number of benzene rings is 2. The highest BCUT2D eigenvalue weighted by atomic mass is 16.5. The lowest BCUT2D eigenvalue weighted by Crippen LogP contribution is -2.48. The second-order valence-corrected chi connectivity index (χ2v) is 6.65. The molecule has 0 radical (unpaired) electrons. The Morgan fingerprint density at radius 3 is 2.74 bits per heavy atom. The third-order valence-corrected chi connectivity index (χ3v) is 5.40. The fourth-order valence-corrected chi connectivity index (χ4v) is 4.32. The summed E-state index contributed by atoms with van der Waals surface area (Å²) in [4.78, 5) is 13.3. The Kier molecular flexibility index (Phi) is 3.34. The molecule has 1 heterocycles. The van der Waals surface area contributed by atoms with E-state index in [9.17, 15) is 4.79 Å². The Morgan fingerprint density at radius 1 is 1.17 bits per heavy atom. The lowest BCUT2D eigenvalue weighted by molar-refractivity contribution is 0.00352. The molecule has 1 spiro atoms. The van der Waals surface area contributed by atoms with Crippen LogP contribution in [0.3, 0.4) is 0 Å². The van der Waals surface area contributed by atoms with Crippen molar-refractivity contribution in [2.75, 3.05) is 0 Å². The normalized spacial score (nSPS) is 21.9. The van der Waals surface area contributed by atoms with Crippen molar-refractivity contribution in [2.24, 2.45) is 5.92 Å². The summed E-state index contributed by atoms with van der Waals surface area (Å²) in [7, 11) is 0. The number of carbonyl (C=O) groups excluding carboxylic acids is 1. The minimum atomic E-state index is -0.386. The van der Waals surface area contributed by atoms with Crippen molar-refractivity contribution in [3.05, 3.63) is 42.0 Å². The van der Waals surface area contributed by atoms with E-state index in [0.29, 0.717) is 18.4 Å². The molecule has 1 unspecified atom stereocenters. The molecule has 1 saturated carbocycles. The van der Waals surface area contributed by atoms with E-state index in [1.807, 2.05) is 36.4 Å². The first-order chi connectivity index (χ1) is 11.2. The molecule has 3 heteroatoms. The highest BCUT2D eigenvalue weighted by molar-refractivity contribution is 6.12. The predicted octanol–water partition coefficient (Wildman–Crippen LogP) is 4.65. The molecule has 23 heavy (non-hydrogen) atoms. The highest BCUT2D eigenvalue weighted by Crippen LogP contribution is 2.49. The Hall–Kier alpha value is -2.34. The van der Waals surface area contributed by atoms with E-state index in [1.165, 1.54) is 0 Å². The summed E-state index contributed by atoms with van der Waals surface area (Å²) in [6.07, 6.45) is 5.03. The molecule has 4 rings (SSSR count). The van der Waals surface area contributed by atoms with Crippen molar-refractivity contribution in [1.29, 1.82) is 5.26 Å². The van der Waals surface area contributed by atoms with Gasteiger partial charge in [0.1, 0.15) is 11.4 Å². The molecular weight excluding hydrogens is 286 g/mol. The molecule has 0 aromatic heterocycles. The quantitative estimate of drug-likeness (QED) is 0.811. The van der Waals surface area contributed by atoms with Crippen molar-refractivity contribution < 1.29 is 9.53 Å². The molecule has 2 aromatic carbocycles. The van der Waals surface area contributed by atoms with Crippen LogP contribution in [-0.2, 0) is 0 Å². The number of hydrogen-bond acceptors (Lipinski definition) is 3. The summed E-state index contributed by atoms with van der Waals surface area (Å²) < 4.78 is 6.44. The zero-order valence-electron chi connectivity index (χ0n) is 13.0. The van der Waals surface area contributed by atoms with Crippen LogP contribution in [0, 0.1) is 17.2 Å². The van der Waals surface area contributed by atoms with E-state index in [-0.39, 0.29) is 17.3 Å². The van der Waals surface area contributed by atoms with Crippen molar-refractivity contribution in [1.82, 2.24) is 0 Å². The SMILES string of the molecule is N#CCCC1C(=O)c2c(ccc3ccccc23)OC12CCCC2. The van der Waals surface area contributed by atoms with Gasteiger partial charge in [-0.05, 0) is 48.9 Å². The third kappa shape index (κ3) is 2.13. The monoisotopic (exact) mass is 305 g/mol. The molecule has 1 atom stereocenters. The number of nitrogens with zero attached hydrogens (tertiary/aromatic N) is 1. The molecule has 1 aliphatic heterocycles. The predicted molar refractivity (Wildman–Crippen MR) is 88.4 cm³/mol. The first kappa shape index (κ1) is 14.3. The van der Waals surface area contributed by atoms with Gasteiger partial charge in [-0.2, -0.15) is 5.26 Å². The van der Waals surface area contributed by atoms with E-state index >= 15 is 0 Å². The second kappa shape index (κ2) is 5.38. The number of rotatable bonds is 2. The van der Waals surface area contributed by atoms with Gasteiger partial charge in [0.25, 0.3) is 0 Å². The minimum Gasteiger partial charge on any atom is -0.486 e. The number of ether oxygens (including phenoxy) is 1. The summed E-state index contributed by atoms with van der Waals surface area (Å²) in [5.74, 6) is 0.701. The zero-order chi connectivity index (χ0) is 15.9. The summed E-state index contributed by atoms with van der Waals surface area (Å²) >= 11 is 0. The second-order valence-electron chi connectivity index (χ2n) is 6.65. The minimum absolute atomic E-state index is 0.167. The molecular formula is C20H19NO2. The molecule has 0 bridgehead atoms. The van der Waals surface area contributed by atoms with Crippen LogP contribution in [0.1, 0.15) is 48.9 Å². The summed E-state index contributed by atoms with van der Waals surface area (Å²) in [5.41, 5.74) is 0.326. The molecule has 2 aromatic rings. The van der Waals surface area contributed by atoms with Crippen LogP contribution in [0.25, 0.3) is 10.8 Å². The van der Waals surface area contributed by atoms with Crippen molar-refractivity contribution >= 4 is 16.6 Å². The van der Waals surface area contributed by atoms with Crippen LogP contribution >= 0.6 is 0 Å². The maximum Gasteiger partial charge on any atom is 0.174 e. The largest absolute Gasteiger partial charge is 0.486 e. The molecule has 116 valence electrons. The number of ketones is 1. The van der Waals surface area contributed by atoms with Crippen LogP contribution < -0.4 is 4.74 Å². The van der Waals surface area contributed by atoms with Crippen LogP contribution in [0.5, 0.6) is 5.75 Å². The number of nitriles is 1. The van der Waals surface area contributed by atoms with Gasteiger partial charge in [-0.3, -0.25) is 4.79 Å². The number of hydrogen-bond donors (Lipinski definition) is 0. The van der Waals surface area contributed by atoms with Crippen LogP contribution in [0.2, 0.25) is 0 Å². The fourth-order valence-electron chi connectivity index (χ4n) is 4.32. The Morgan fingerprint density at radius 2 is 1.96 bits per heavy atom. The van der Waals surface area contributed by atoms with Crippen molar-refractivity contribution in [2.45, 2.75) is 44.1 Å². The van der Waals surface area contributed by atoms with Crippen molar-refractivity contribution in [3.8, 4) is 11.8 Å². The Balaban J connectivity index is 1.88. The van der Waals surface area contributed by atoms with E-state index in [2.05, 4.69) is 6.07 Å². The van der Waals surface area contributed by atoms with Gasteiger partial charge >= 0.3 is 0 Å². The van der Waals surface area contributed by atoms with Gasteiger partial charge in [0.05, 0.1) is 17.6 Å². The zero-order valence-corrected chi connectivity index (χ0v) is 13.0. The smallest absolute Gasteiger partial charge is 0.174 e. The topological polar surface area (TPSA) is 50.1 Å². The first-order valence-corrected chi connectivity index (χ1v) is 8.37. The van der Waals surface area contributed by atoms with Gasteiger partial charge in [-0.1, -0.05) is 30.3 Å². The Labute approximate surface area is 135 Å². The fraction of sp³-hybridized carbons (Fsp3) is 0.400. The molecule has 0 N–H and O–H groups in total. The standard InChI is InChI=1S/C20H19NO2/c21-13-5-8-16-19(22)18-15-7-2-1-6-14(15)9-10-17(18)23-20(16)11-3-4-12-20/h1-2,6-7,9-10,16H,3-5,8,11-12H2. The van der Waals surface area contributed by atoms with Gasteiger partial charge in [0, 0.05) is 6.42 Å². The maximum absolute atomic E-state index is 13.3. The van der Waals surface area contributed by atoms with Crippen LogP contribution in [-0.4, -0.2) is 11.4 Å². The van der Waals surface area contributed by atoms with Gasteiger partial charge in [-0.25, -0.2) is 0 Å². The third-order valence-electron chi connectivity index (χ3n) is 5.40. The molecule has 1 fully saturated rings. The lowest BCUT2D eigenvalue weighted by Gasteiger charge is -2.41. The summed E-state index contributed by atoms with van der Waals surface area (Å²) in [6, 6.07) is 14.1. The van der Waals surface area contributed by atoms with E-state index in [1.54, 1.807) is 0 Å². The average Bonchev–Trinajstić information content (AvgIpc) is 3.03. The highest BCUT2D eigenvalue weighted by Gasteiger charge is 2.50. The summed E-state index contributed by atoms with van der Waals surface area (Å²) in [6.45, 7) is 0. The van der Waals surface area contributed by atoms with Crippen LogP contribution in [0.4, 0.5) is 0 Å². The maximum atomic E-state index is 13.3. The summed E-state index contributed by atoms with van der Waals surface area (Å²) in [5, 5.41) is 11.0. The lowest BCUT2D eigenvalue weighted by atomic mass is 9.74. The van der Waals surface area contributed by atoms with Crippen LogP contribution in [0.15, 0.2) is 36.4 Å². The molecule has 1 aliphatic carbocycles. The number of Topliss-reactive ketones (excluding diaryl/α,β-unsaturated/α-hetero) is 1. The number of fused-ring (bicyclic) bond motifs is 3. The molecule has 3 nitrogen and oxygen atoms in total. The van der Waals surface area contributed by atoms with Gasteiger partial charge in [0.2, 0.25) is 0 Å².